The van der Waals surface area contributed by atoms with Crippen LogP contribution in [0.3, 0.4) is 0 Å². The molecule has 4 aromatic rings. The fourth-order valence-corrected chi connectivity index (χ4v) is 4.47. The lowest BCUT2D eigenvalue weighted by atomic mass is 9.97. The normalized spacial score (nSPS) is 13.5. The van der Waals surface area contributed by atoms with Crippen LogP contribution in [0.5, 0.6) is 5.75 Å². The summed E-state index contributed by atoms with van der Waals surface area (Å²) in [7, 11) is 1.65. The van der Waals surface area contributed by atoms with Crippen LogP contribution in [-0.4, -0.2) is 32.3 Å². The Hall–Kier alpha value is -4.04. The highest BCUT2D eigenvalue weighted by atomic mass is 35.5. The summed E-state index contributed by atoms with van der Waals surface area (Å²) in [5.41, 5.74) is 3.09. The molecule has 0 fully saturated rings. The topological polar surface area (TPSA) is 75.3 Å². The smallest absolute Gasteiger partial charge is 0.332 e. The number of hydrogen-bond acceptors (Lipinski definition) is 5. The number of nitrogens with zero attached hydrogens (tertiary/aromatic N) is 4. The number of phenols is 1. The average Bonchev–Trinajstić information content (AvgIpc) is 3.18. The van der Waals surface area contributed by atoms with E-state index in [-0.39, 0.29) is 11.4 Å². The van der Waals surface area contributed by atoms with Crippen LogP contribution in [0.2, 0.25) is 5.02 Å². The highest BCUT2D eigenvalue weighted by Gasteiger charge is 2.18. The van der Waals surface area contributed by atoms with Crippen molar-refractivity contribution in [3.63, 3.8) is 0 Å². The molecule has 2 aromatic carbocycles. The third-order valence-corrected chi connectivity index (χ3v) is 6.30. The molecule has 9 heteroatoms. The van der Waals surface area contributed by atoms with Crippen LogP contribution in [-0.2, 0) is 7.05 Å². The summed E-state index contributed by atoms with van der Waals surface area (Å²) in [4.78, 5) is 18.8. The van der Waals surface area contributed by atoms with E-state index >= 15 is 0 Å². The van der Waals surface area contributed by atoms with E-state index < -0.39 is 5.82 Å². The van der Waals surface area contributed by atoms with Crippen molar-refractivity contribution in [3.8, 4) is 33.7 Å². The standard InChI is InChI=1S/C26H23ClFN5O2/c1-16-15-32(8-7-29-16)24-12-18(5-6-30-24)21-14-19(28)13-20(25(21)34)17-3-4-23(22(27)11-17)33-10-9-31(2)26(33)35/h3-6,9-15,29,34H,7-8H2,1-2H3. The molecule has 0 spiro atoms. The van der Waals surface area contributed by atoms with Crippen LogP contribution in [0.4, 0.5) is 10.2 Å². The molecule has 0 bridgehead atoms. The summed E-state index contributed by atoms with van der Waals surface area (Å²) in [6, 6.07) is 11.1. The van der Waals surface area contributed by atoms with Crippen LogP contribution in [0.25, 0.3) is 27.9 Å². The van der Waals surface area contributed by atoms with Gasteiger partial charge in [0.05, 0.1) is 10.7 Å². The minimum atomic E-state index is -0.497. The lowest BCUT2D eigenvalue weighted by molar-refractivity contribution is 0.477. The van der Waals surface area contributed by atoms with E-state index in [1.165, 1.54) is 21.3 Å². The predicted octanol–water partition coefficient (Wildman–Crippen LogP) is 4.67. The maximum Gasteiger partial charge on any atom is 0.332 e. The number of aromatic hydroxyl groups is 1. The van der Waals surface area contributed by atoms with E-state index in [2.05, 4.69) is 10.3 Å². The van der Waals surface area contributed by atoms with Crippen LogP contribution >= 0.6 is 11.6 Å². The largest absolute Gasteiger partial charge is 0.507 e. The fraction of sp³-hybridized carbons (Fsp3) is 0.154. The first-order valence-electron chi connectivity index (χ1n) is 11.0. The number of benzene rings is 2. The van der Waals surface area contributed by atoms with Gasteiger partial charge in [0.15, 0.2) is 0 Å². The first kappa shape index (κ1) is 22.7. The molecule has 7 nitrogen and oxygen atoms in total. The number of pyridine rings is 1. The first-order chi connectivity index (χ1) is 16.8. The Balaban J connectivity index is 1.56. The molecule has 0 saturated carbocycles. The Morgan fingerprint density at radius 2 is 1.83 bits per heavy atom. The van der Waals surface area contributed by atoms with Crippen molar-refractivity contribution >= 4 is 17.4 Å². The highest BCUT2D eigenvalue weighted by molar-refractivity contribution is 6.32. The quantitative estimate of drug-likeness (QED) is 0.434. The predicted molar refractivity (Wildman–Crippen MR) is 135 cm³/mol. The molecule has 2 N–H and O–H groups in total. The molecule has 3 heterocycles. The van der Waals surface area contributed by atoms with Crippen molar-refractivity contribution in [2.24, 2.45) is 7.05 Å². The summed E-state index contributed by atoms with van der Waals surface area (Å²) in [5.74, 6) is 0.133. The van der Waals surface area contributed by atoms with Gasteiger partial charge in [0.25, 0.3) is 0 Å². The average molecular weight is 492 g/mol. The zero-order chi connectivity index (χ0) is 24.7. The molecule has 2 aromatic heterocycles. The van der Waals surface area contributed by atoms with E-state index in [1.54, 1.807) is 49.9 Å². The summed E-state index contributed by atoms with van der Waals surface area (Å²) < 4.78 is 17.6. The van der Waals surface area contributed by atoms with Gasteiger partial charge < -0.3 is 19.9 Å². The summed E-state index contributed by atoms with van der Waals surface area (Å²) in [6.45, 7) is 3.50. The molecule has 0 unspecified atom stereocenters. The van der Waals surface area contributed by atoms with Gasteiger partial charge in [-0.25, -0.2) is 14.2 Å². The van der Waals surface area contributed by atoms with Crippen molar-refractivity contribution < 1.29 is 9.50 Å². The molecule has 0 radical (unpaired) electrons. The number of hydrogen-bond donors (Lipinski definition) is 2. The van der Waals surface area contributed by atoms with Gasteiger partial charge >= 0.3 is 5.69 Å². The minimum Gasteiger partial charge on any atom is -0.507 e. The van der Waals surface area contributed by atoms with Crippen LogP contribution < -0.4 is 15.9 Å². The Morgan fingerprint density at radius 1 is 1.09 bits per heavy atom. The van der Waals surface area contributed by atoms with E-state index in [1.807, 2.05) is 24.1 Å². The molecule has 0 aliphatic carbocycles. The first-order valence-corrected chi connectivity index (χ1v) is 11.4. The lowest BCUT2D eigenvalue weighted by Gasteiger charge is -2.26. The lowest BCUT2D eigenvalue weighted by Crippen LogP contribution is -2.34. The SMILES string of the molecule is CC1=CN(c2cc(-c3cc(F)cc(-c4ccc(-n5ccn(C)c5=O)c(Cl)c4)c3O)ccn2)CCN1. The second-order valence-electron chi connectivity index (χ2n) is 8.41. The molecule has 0 amide bonds. The minimum absolute atomic E-state index is 0.0729. The zero-order valence-corrected chi connectivity index (χ0v) is 19.9. The molecular formula is C26H23ClFN5O2. The van der Waals surface area contributed by atoms with Gasteiger partial charge in [-0.1, -0.05) is 17.7 Å². The maximum atomic E-state index is 14.7. The second kappa shape index (κ2) is 8.96. The van der Waals surface area contributed by atoms with Crippen LogP contribution in [0, 0.1) is 5.82 Å². The fourth-order valence-electron chi connectivity index (χ4n) is 4.20. The Morgan fingerprint density at radius 3 is 2.49 bits per heavy atom. The van der Waals surface area contributed by atoms with Crippen molar-refractivity contribution in [2.75, 3.05) is 18.0 Å². The third-order valence-electron chi connectivity index (χ3n) is 6.00. The monoisotopic (exact) mass is 491 g/mol. The number of halogens is 2. The molecule has 0 saturated heterocycles. The van der Waals surface area contributed by atoms with Gasteiger partial charge in [-0.3, -0.25) is 4.57 Å². The number of anilines is 1. The van der Waals surface area contributed by atoms with Crippen molar-refractivity contribution in [1.29, 1.82) is 0 Å². The number of nitrogens with one attached hydrogen (secondary N) is 1. The van der Waals surface area contributed by atoms with Crippen molar-refractivity contribution in [2.45, 2.75) is 6.92 Å². The Kier molecular flexibility index (Phi) is 5.82. The van der Waals surface area contributed by atoms with Gasteiger partial charge in [-0.2, -0.15) is 0 Å². The van der Waals surface area contributed by atoms with E-state index in [4.69, 9.17) is 11.6 Å². The molecule has 1 aliphatic rings. The van der Waals surface area contributed by atoms with E-state index in [9.17, 15) is 14.3 Å². The molecule has 178 valence electrons. The Labute approximate surface area is 206 Å². The number of imidazole rings is 1. The van der Waals surface area contributed by atoms with Crippen molar-refractivity contribution in [3.05, 3.63) is 94.3 Å². The van der Waals surface area contributed by atoms with Crippen molar-refractivity contribution in [1.82, 2.24) is 19.4 Å². The van der Waals surface area contributed by atoms with Gasteiger partial charge in [-0.15, -0.1) is 0 Å². The molecule has 5 rings (SSSR count). The van der Waals surface area contributed by atoms with Gasteiger partial charge in [-0.05, 0) is 54.4 Å². The van der Waals surface area contributed by atoms with Crippen LogP contribution in [0.1, 0.15) is 6.92 Å². The molecular weight excluding hydrogens is 469 g/mol. The summed E-state index contributed by atoms with van der Waals surface area (Å²) in [6.07, 6.45) is 6.87. The van der Waals surface area contributed by atoms with Gasteiger partial charge in [0.1, 0.15) is 17.4 Å². The van der Waals surface area contributed by atoms with Crippen LogP contribution in [0.15, 0.2) is 77.7 Å². The summed E-state index contributed by atoms with van der Waals surface area (Å²) in [5, 5.41) is 14.7. The number of phenolic OH excluding ortho intramolecular Hbond substituents is 1. The maximum absolute atomic E-state index is 14.7. The van der Waals surface area contributed by atoms with E-state index in [0.29, 0.717) is 38.8 Å². The molecule has 35 heavy (non-hydrogen) atoms. The third kappa shape index (κ3) is 4.28. The number of aryl methyl sites for hydroxylation is 1. The number of allylic oxidation sites excluding steroid dienone is 1. The number of rotatable bonds is 4. The Bertz CT molecular complexity index is 1520. The van der Waals surface area contributed by atoms with E-state index in [0.717, 1.165) is 18.8 Å². The van der Waals surface area contributed by atoms with Gasteiger partial charge in [0.2, 0.25) is 0 Å². The highest BCUT2D eigenvalue weighted by Crippen LogP contribution is 2.40. The number of aromatic nitrogens is 3. The molecule has 0 atom stereocenters. The second-order valence-corrected chi connectivity index (χ2v) is 8.82. The van der Waals surface area contributed by atoms with Gasteiger partial charge in [0, 0.05) is 61.8 Å². The summed E-state index contributed by atoms with van der Waals surface area (Å²) >= 11 is 6.49. The molecule has 1 aliphatic heterocycles. The zero-order valence-electron chi connectivity index (χ0n) is 19.2.